The first-order valence-corrected chi connectivity index (χ1v) is 5.25. The van der Waals surface area contributed by atoms with Crippen LogP contribution in [0.25, 0.3) is 5.57 Å². The molecular weight excluding hydrogens is 265 g/mol. The van der Waals surface area contributed by atoms with Crippen LogP contribution < -0.4 is 4.99 Å². The predicted octanol–water partition coefficient (Wildman–Crippen LogP) is 1.74. The van der Waals surface area contributed by atoms with Crippen LogP contribution in [0, 0.1) is 0 Å². The van der Waals surface area contributed by atoms with Gasteiger partial charge in [-0.05, 0) is 6.07 Å². The maximum atomic E-state index is 9.75. The lowest BCUT2D eigenvalue weighted by Crippen LogP contribution is -2.58. The van der Waals surface area contributed by atoms with E-state index >= 15 is 0 Å². The van der Waals surface area contributed by atoms with Gasteiger partial charge in [0.05, 0.1) is 19.8 Å². The Bertz CT molecular complexity index is 488. The second-order valence-corrected chi connectivity index (χ2v) is 3.44. The van der Waals surface area contributed by atoms with Crippen molar-refractivity contribution in [1.82, 2.24) is 0 Å². The van der Waals surface area contributed by atoms with E-state index in [1.807, 2.05) is 30.5 Å². The molecular formula is C11H12BF4NO2. The fourth-order valence-electron chi connectivity index (χ4n) is 1.54. The first kappa shape index (κ1) is 15.1. The number of fused-ring (bicyclic) bond motifs is 1. The van der Waals surface area contributed by atoms with E-state index in [1.165, 1.54) is 0 Å². The topological polar surface area (TPSA) is 32.4 Å². The van der Waals surface area contributed by atoms with Gasteiger partial charge in [0.2, 0.25) is 5.69 Å². The van der Waals surface area contributed by atoms with Crippen molar-refractivity contribution in [2.45, 2.75) is 0 Å². The number of ether oxygens (including phenoxy) is 2. The zero-order valence-electron chi connectivity index (χ0n) is 10.3. The van der Waals surface area contributed by atoms with Gasteiger partial charge in [0.1, 0.15) is 5.57 Å². The first-order chi connectivity index (χ1) is 8.86. The molecule has 3 nitrogen and oxygen atoms in total. The second-order valence-electron chi connectivity index (χ2n) is 3.44. The fraction of sp³-hybridized carbons (Fsp3) is 0.182. The van der Waals surface area contributed by atoms with Gasteiger partial charge in [0, 0.05) is 6.07 Å². The van der Waals surface area contributed by atoms with E-state index in [0.717, 1.165) is 16.8 Å². The van der Waals surface area contributed by atoms with Crippen LogP contribution >= 0.6 is 0 Å². The predicted molar refractivity (Wildman–Crippen MR) is 64.3 cm³/mol. The van der Waals surface area contributed by atoms with E-state index in [0.29, 0.717) is 5.95 Å². The molecule has 0 bridgehead atoms. The number of para-hydroxylation sites is 1. The molecule has 1 aliphatic rings. The van der Waals surface area contributed by atoms with Crippen LogP contribution in [-0.4, -0.2) is 27.7 Å². The summed E-state index contributed by atoms with van der Waals surface area (Å²) in [5.74, 6) is 0.530. The van der Waals surface area contributed by atoms with Gasteiger partial charge >= 0.3 is 7.25 Å². The Balaban J connectivity index is 0.000000312. The number of hydrogen-bond acceptors (Lipinski definition) is 2. The van der Waals surface area contributed by atoms with Gasteiger partial charge in [-0.25, -0.2) is 4.99 Å². The minimum absolute atomic E-state index is 0.530. The summed E-state index contributed by atoms with van der Waals surface area (Å²) in [7, 11) is -2.80. The number of benzene rings is 1. The summed E-state index contributed by atoms with van der Waals surface area (Å²) in [5, 5.41) is 0. The van der Waals surface area contributed by atoms with Crippen LogP contribution in [0.15, 0.2) is 30.2 Å². The van der Waals surface area contributed by atoms with Crippen molar-refractivity contribution in [3.05, 3.63) is 35.8 Å². The van der Waals surface area contributed by atoms with E-state index in [2.05, 4.69) is 4.99 Å². The third-order valence-corrected chi connectivity index (χ3v) is 2.18. The second kappa shape index (κ2) is 6.26. The molecule has 0 aromatic heterocycles. The third kappa shape index (κ3) is 4.65. The molecule has 0 unspecified atom stereocenters. The van der Waals surface area contributed by atoms with Crippen molar-refractivity contribution in [2.75, 3.05) is 14.2 Å². The van der Waals surface area contributed by atoms with Crippen LogP contribution in [0.5, 0.6) is 0 Å². The summed E-state index contributed by atoms with van der Waals surface area (Å²) in [6.07, 6.45) is 1.88. The summed E-state index contributed by atoms with van der Waals surface area (Å²) in [5.41, 5.74) is 3.13. The average Bonchev–Trinajstić information content (AvgIpc) is 2.73. The largest absolute Gasteiger partial charge is 0.673 e. The van der Waals surface area contributed by atoms with Crippen molar-refractivity contribution in [3.8, 4) is 0 Å². The van der Waals surface area contributed by atoms with Gasteiger partial charge < -0.3 is 26.7 Å². The SMILES string of the molecule is COC(OC)=C1C=[NH+]c2ccccc21.F[B-](F)(F)F. The molecule has 0 amide bonds. The Hall–Kier alpha value is -1.99. The van der Waals surface area contributed by atoms with Gasteiger partial charge in [-0.15, -0.1) is 0 Å². The maximum absolute atomic E-state index is 9.75. The average molecular weight is 277 g/mol. The van der Waals surface area contributed by atoms with Crippen LogP contribution in [0.4, 0.5) is 23.0 Å². The number of rotatable bonds is 2. The Morgan fingerprint density at radius 1 is 1.05 bits per heavy atom. The summed E-state index contributed by atoms with van der Waals surface area (Å²) in [4.78, 5) is 3.16. The highest BCUT2D eigenvalue weighted by Gasteiger charge is 2.22. The molecule has 0 spiro atoms. The third-order valence-electron chi connectivity index (χ3n) is 2.18. The van der Waals surface area contributed by atoms with Crippen LogP contribution in [0.2, 0.25) is 0 Å². The molecule has 0 radical (unpaired) electrons. The Morgan fingerprint density at radius 3 is 2.11 bits per heavy atom. The number of nitrogens with one attached hydrogen (secondary N) is 1. The highest BCUT2D eigenvalue weighted by atomic mass is 19.5. The van der Waals surface area contributed by atoms with Crippen molar-refractivity contribution in [3.63, 3.8) is 0 Å². The monoisotopic (exact) mass is 277 g/mol. The highest BCUT2D eigenvalue weighted by Crippen LogP contribution is 2.24. The molecule has 2 rings (SSSR count). The molecule has 0 fully saturated rings. The van der Waals surface area contributed by atoms with Gasteiger partial charge in [-0.1, -0.05) is 12.1 Å². The molecule has 1 aromatic rings. The molecule has 0 saturated heterocycles. The smallest absolute Gasteiger partial charge is 0.468 e. The Labute approximate surface area is 107 Å². The lowest BCUT2D eigenvalue weighted by Gasteiger charge is -2.04. The summed E-state index contributed by atoms with van der Waals surface area (Å²) >= 11 is 0. The quantitative estimate of drug-likeness (QED) is 0.507. The molecule has 1 N–H and O–H groups in total. The van der Waals surface area contributed by atoms with Gasteiger partial charge in [-0.3, -0.25) is 0 Å². The highest BCUT2D eigenvalue weighted by molar-refractivity contribution is 6.50. The number of methoxy groups -OCH3 is 2. The molecule has 1 aliphatic heterocycles. The van der Waals surface area contributed by atoms with E-state index < -0.39 is 7.25 Å². The molecule has 8 heteroatoms. The van der Waals surface area contributed by atoms with Crippen molar-refractivity contribution in [1.29, 1.82) is 0 Å². The van der Waals surface area contributed by atoms with Crippen LogP contribution in [-0.2, 0) is 9.47 Å². The lowest BCUT2D eigenvalue weighted by molar-refractivity contribution is -0.342. The number of hydrogen-bond donors (Lipinski definition) is 1. The molecule has 0 saturated carbocycles. The molecule has 19 heavy (non-hydrogen) atoms. The summed E-state index contributed by atoms with van der Waals surface area (Å²) in [6.45, 7) is 0. The van der Waals surface area contributed by atoms with Crippen molar-refractivity contribution >= 4 is 24.7 Å². The van der Waals surface area contributed by atoms with E-state index in [1.54, 1.807) is 14.2 Å². The van der Waals surface area contributed by atoms with Crippen molar-refractivity contribution < 1.29 is 31.7 Å². The standard InChI is InChI=1S/C11H11NO2.BF4/c1-13-11(14-2)9-7-12-10-6-4-3-5-8(9)10;2-1(3,4)5/h3-7H,1-2H3;/q;-1/p+1. The van der Waals surface area contributed by atoms with Gasteiger partial charge in [0.15, 0.2) is 6.21 Å². The summed E-state index contributed by atoms with van der Waals surface area (Å²) in [6, 6.07) is 8.02. The normalized spacial score (nSPS) is 12.4. The van der Waals surface area contributed by atoms with Crippen molar-refractivity contribution in [2.24, 2.45) is 0 Å². The summed E-state index contributed by atoms with van der Waals surface area (Å²) < 4.78 is 49.3. The van der Waals surface area contributed by atoms with E-state index in [4.69, 9.17) is 9.47 Å². The Morgan fingerprint density at radius 2 is 1.58 bits per heavy atom. The zero-order valence-corrected chi connectivity index (χ0v) is 10.3. The minimum atomic E-state index is -6.00. The van der Waals surface area contributed by atoms with Gasteiger partial charge in [0.25, 0.3) is 5.95 Å². The lowest BCUT2D eigenvalue weighted by atomic mass is 10.1. The van der Waals surface area contributed by atoms with Crippen LogP contribution in [0.3, 0.4) is 0 Å². The molecule has 0 aliphatic carbocycles. The van der Waals surface area contributed by atoms with Crippen LogP contribution in [0.1, 0.15) is 5.56 Å². The van der Waals surface area contributed by atoms with E-state index in [9.17, 15) is 17.3 Å². The molecule has 1 heterocycles. The zero-order chi connectivity index (χ0) is 14.5. The number of allylic oxidation sites excluding steroid dienone is 1. The number of halogens is 4. The Kier molecular flexibility index (Phi) is 4.97. The molecule has 104 valence electrons. The van der Waals surface area contributed by atoms with E-state index in [-0.39, 0.29) is 0 Å². The molecule has 0 atom stereocenters. The molecule has 1 aromatic carbocycles. The first-order valence-electron chi connectivity index (χ1n) is 5.25. The maximum Gasteiger partial charge on any atom is 0.673 e. The minimum Gasteiger partial charge on any atom is -0.468 e. The fourth-order valence-corrected chi connectivity index (χ4v) is 1.54. The van der Waals surface area contributed by atoms with Gasteiger partial charge in [-0.2, -0.15) is 0 Å².